The first-order valence-electron chi connectivity index (χ1n) is 11.3. The monoisotopic (exact) mass is 564 g/mol. The third kappa shape index (κ3) is 13.8. The number of amides is 3. The molecule has 0 unspecified atom stereocenters. The smallest absolute Gasteiger partial charge is 0.490 e. The van der Waals surface area contributed by atoms with Crippen molar-refractivity contribution in [2.24, 2.45) is 11.7 Å². The van der Waals surface area contributed by atoms with Crippen molar-refractivity contribution in [3.8, 4) is 5.75 Å². The number of nitrogens with one attached hydrogen (secondary N) is 3. The molecule has 0 saturated carbocycles. The van der Waals surface area contributed by atoms with Gasteiger partial charge in [0, 0.05) is 0 Å². The van der Waals surface area contributed by atoms with Gasteiger partial charge in [0.2, 0.25) is 17.7 Å². The molecule has 4 atom stereocenters. The Hall–Kier alpha value is -4.21. The zero-order valence-electron chi connectivity index (χ0n) is 21.2. The second kappa shape index (κ2) is 15.9. The van der Waals surface area contributed by atoms with Crippen LogP contribution in [0.1, 0.15) is 32.8 Å². The number of aldehydes is 1. The van der Waals surface area contributed by atoms with Gasteiger partial charge in [-0.1, -0.05) is 26.0 Å². The van der Waals surface area contributed by atoms with E-state index in [1.807, 2.05) is 0 Å². The van der Waals surface area contributed by atoms with Gasteiger partial charge < -0.3 is 41.8 Å². The molecule has 16 heteroatoms. The van der Waals surface area contributed by atoms with Crippen LogP contribution in [0.3, 0.4) is 0 Å². The number of hydrogen-bond donors (Lipinski definition) is 7. The maximum Gasteiger partial charge on any atom is 0.490 e. The molecule has 0 radical (unpaired) electrons. The lowest BCUT2D eigenvalue weighted by Crippen LogP contribution is -2.57. The number of hydrogen-bond acceptors (Lipinski definition) is 8. The quantitative estimate of drug-likeness (QED) is 0.164. The van der Waals surface area contributed by atoms with Gasteiger partial charge in [0.15, 0.2) is 0 Å². The number of nitrogens with two attached hydrogens (primary N) is 1. The zero-order valence-corrected chi connectivity index (χ0v) is 21.2. The fourth-order valence-electron chi connectivity index (χ4n) is 2.77. The van der Waals surface area contributed by atoms with Gasteiger partial charge in [-0.15, -0.1) is 0 Å². The third-order valence-electron chi connectivity index (χ3n) is 4.86. The molecule has 0 aliphatic heterocycles. The number of halogens is 3. The number of rotatable bonds is 12. The second-order valence-corrected chi connectivity index (χ2v) is 8.59. The number of carbonyl (C=O) groups excluding carboxylic acids is 4. The maximum absolute atomic E-state index is 12.6. The van der Waals surface area contributed by atoms with Crippen molar-refractivity contribution in [3.63, 3.8) is 0 Å². The number of carbonyl (C=O) groups is 6. The highest BCUT2D eigenvalue weighted by Crippen LogP contribution is 2.13. The Morgan fingerprint density at radius 2 is 1.44 bits per heavy atom. The minimum atomic E-state index is -5.08. The number of carboxylic acids is 2. The Kier molecular flexibility index (Phi) is 14.2. The van der Waals surface area contributed by atoms with Crippen molar-refractivity contribution in [3.05, 3.63) is 29.8 Å². The Balaban J connectivity index is 0.00000181. The Morgan fingerprint density at radius 3 is 1.85 bits per heavy atom. The molecule has 1 rings (SSSR count). The van der Waals surface area contributed by atoms with Gasteiger partial charge >= 0.3 is 18.1 Å². The topological polar surface area (TPSA) is 225 Å². The Labute approximate surface area is 220 Å². The summed E-state index contributed by atoms with van der Waals surface area (Å²) in [7, 11) is 0. The summed E-state index contributed by atoms with van der Waals surface area (Å²) in [6.45, 7) is 4.78. The SMILES string of the molecule is CC(C)[C@H](NC(=O)[C@@H](N)Cc1ccc(O)cc1)C(=O)N[C@@H](C)C(=O)N[C@H](C=O)CC(=O)O.O=C(O)C(F)(F)F. The van der Waals surface area contributed by atoms with Crippen LogP contribution in [0.5, 0.6) is 5.75 Å². The molecule has 8 N–H and O–H groups in total. The van der Waals surface area contributed by atoms with Crippen LogP contribution in [-0.2, 0) is 35.2 Å². The van der Waals surface area contributed by atoms with Crippen molar-refractivity contribution in [2.75, 3.05) is 0 Å². The average Bonchev–Trinajstić information content (AvgIpc) is 2.82. The van der Waals surface area contributed by atoms with E-state index in [1.165, 1.54) is 19.1 Å². The second-order valence-electron chi connectivity index (χ2n) is 8.59. The molecule has 13 nitrogen and oxygen atoms in total. The molecule has 0 aromatic heterocycles. The molecule has 218 valence electrons. The minimum Gasteiger partial charge on any atom is -0.508 e. The van der Waals surface area contributed by atoms with Gasteiger partial charge in [-0.2, -0.15) is 13.2 Å². The molecule has 0 fully saturated rings. The van der Waals surface area contributed by atoms with Gasteiger partial charge in [0.05, 0.1) is 18.5 Å². The highest BCUT2D eigenvalue weighted by molar-refractivity contribution is 5.93. The van der Waals surface area contributed by atoms with E-state index in [0.29, 0.717) is 6.29 Å². The standard InChI is InChI=1S/C21H30N4O7.C2HF3O2/c1-11(2)18(25-20(31)16(22)8-13-4-6-15(27)7-5-13)21(32)23-12(3)19(30)24-14(10-26)9-17(28)29;3-2(4,5)1(6)7/h4-7,10-12,14,16,18,27H,8-9,22H2,1-3H3,(H,23,32)(H,24,30)(H,25,31)(H,28,29);(H,6,7)/t12-,14-,16-,18-;/m0./s1. The van der Waals surface area contributed by atoms with E-state index in [4.69, 9.17) is 20.7 Å². The van der Waals surface area contributed by atoms with E-state index in [1.54, 1.807) is 26.0 Å². The molecule has 39 heavy (non-hydrogen) atoms. The molecule has 0 aliphatic carbocycles. The normalized spacial score (nSPS) is 13.9. The van der Waals surface area contributed by atoms with E-state index >= 15 is 0 Å². The Morgan fingerprint density at radius 1 is 0.923 bits per heavy atom. The summed E-state index contributed by atoms with van der Waals surface area (Å²) in [6, 6.07) is 1.98. The van der Waals surface area contributed by atoms with E-state index in [-0.39, 0.29) is 18.1 Å². The number of benzene rings is 1. The molecule has 0 aliphatic rings. The molecule has 3 amide bonds. The van der Waals surface area contributed by atoms with Crippen molar-refractivity contribution in [2.45, 2.75) is 64.0 Å². The average molecular weight is 565 g/mol. The number of alkyl halides is 3. The van der Waals surface area contributed by atoms with E-state index in [9.17, 15) is 42.3 Å². The predicted octanol–water partition coefficient (Wildman–Crippen LogP) is -0.301. The first-order valence-corrected chi connectivity index (χ1v) is 11.3. The largest absolute Gasteiger partial charge is 0.508 e. The number of aliphatic carboxylic acids is 2. The lowest BCUT2D eigenvalue weighted by molar-refractivity contribution is -0.192. The summed E-state index contributed by atoms with van der Waals surface area (Å²) >= 11 is 0. The van der Waals surface area contributed by atoms with Crippen LogP contribution in [0.2, 0.25) is 0 Å². The van der Waals surface area contributed by atoms with E-state index in [2.05, 4.69) is 16.0 Å². The van der Waals surface area contributed by atoms with E-state index in [0.717, 1.165) is 5.56 Å². The van der Waals surface area contributed by atoms with E-state index < -0.39 is 66.4 Å². The number of aromatic hydroxyl groups is 1. The third-order valence-corrected chi connectivity index (χ3v) is 4.86. The van der Waals surface area contributed by atoms with Crippen molar-refractivity contribution >= 4 is 35.9 Å². The summed E-state index contributed by atoms with van der Waals surface area (Å²) in [5.41, 5.74) is 6.67. The lowest BCUT2D eigenvalue weighted by atomic mass is 10.0. The highest BCUT2D eigenvalue weighted by Gasteiger charge is 2.38. The van der Waals surface area contributed by atoms with Gasteiger partial charge in [-0.25, -0.2) is 4.79 Å². The van der Waals surface area contributed by atoms with Crippen LogP contribution in [0, 0.1) is 5.92 Å². The molecular formula is C23H31F3N4O9. The van der Waals surface area contributed by atoms with Crippen LogP contribution in [-0.4, -0.2) is 81.6 Å². The molecule has 0 spiro atoms. The molecule has 0 heterocycles. The minimum absolute atomic E-state index is 0.0869. The summed E-state index contributed by atoms with van der Waals surface area (Å²) in [5, 5.41) is 32.4. The summed E-state index contributed by atoms with van der Waals surface area (Å²) in [5.74, 6) is -6.19. The summed E-state index contributed by atoms with van der Waals surface area (Å²) in [6.07, 6.45) is -5.18. The fourth-order valence-corrected chi connectivity index (χ4v) is 2.77. The first kappa shape index (κ1) is 34.8. The van der Waals surface area contributed by atoms with Crippen molar-refractivity contribution < 1.29 is 57.3 Å². The van der Waals surface area contributed by atoms with Crippen LogP contribution >= 0.6 is 0 Å². The molecule has 0 saturated heterocycles. The maximum atomic E-state index is 12.6. The van der Waals surface area contributed by atoms with Crippen LogP contribution < -0.4 is 21.7 Å². The molecule has 1 aromatic carbocycles. The summed E-state index contributed by atoms with van der Waals surface area (Å²) in [4.78, 5) is 67.8. The first-order chi connectivity index (χ1) is 17.9. The zero-order chi connectivity index (χ0) is 30.5. The number of carboxylic acid groups (broad SMARTS) is 2. The molecule has 0 bridgehead atoms. The predicted molar refractivity (Wildman–Crippen MR) is 128 cm³/mol. The number of phenolic OH excluding ortho intramolecular Hbond substituents is 1. The van der Waals surface area contributed by atoms with Crippen LogP contribution in [0.15, 0.2) is 24.3 Å². The van der Waals surface area contributed by atoms with Crippen molar-refractivity contribution in [1.82, 2.24) is 16.0 Å². The molecular weight excluding hydrogens is 533 g/mol. The molecule has 1 aromatic rings. The van der Waals surface area contributed by atoms with Gasteiger partial charge in [-0.05, 0) is 37.0 Å². The summed E-state index contributed by atoms with van der Waals surface area (Å²) < 4.78 is 31.7. The van der Waals surface area contributed by atoms with Gasteiger partial charge in [-0.3, -0.25) is 19.2 Å². The van der Waals surface area contributed by atoms with Crippen LogP contribution in [0.25, 0.3) is 0 Å². The number of phenols is 1. The Bertz CT molecular complexity index is 1020. The van der Waals surface area contributed by atoms with Gasteiger partial charge in [0.1, 0.15) is 24.1 Å². The van der Waals surface area contributed by atoms with Gasteiger partial charge in [0.25, 0.3) is 0 Å². The fraction of sp³-hybridized carbons (Fsp3) is 0.478. The highest BCUT2D eigenvalue weighted by atomic mass is 19.4. The van der Waals surface area contributed by atoms with Crippen molar-refractivity contribution in [1.29, 1.82) is 0 Å². The van der Waals surface area contributed by atoms with Crippen LogP contribution in [0.4, 0.5) is 13.2 Å². The lowest BCUT2D eigenvalue weighted by Gasteiger charge is -2.25.